The third-order valence-corrected chi connectivity index (χ3v) is 5.94. The van der Waals surface area contributed by atoms with E-state index in [-0.39, 0.29) is 13.9 Å². The second-order valence-electron chi connectivity index (χ2n) is 7.26. The molecule has 3 aromatic rings. The maximum atomic E-state index is 11.9. The van der Waals surface area contributed by atoms with Crippen LogP contribution in [0.2, 0.25) is 0 Å². The molecule has 0 N–H and O–H groups in total. The summed E-state index contributed by atoms with van der Waals surface area (Å²) >= 11 is 0. The molecule has 0 fully saturated rings. The molecule has 6 nitrogen and oxygen atoms in total. The fourth-order valence-electron chi connectivity index (χ4n) is 3.11. The average Bonchev–Trinajstić information content (AvgIpc) is 3.00. The molecule has 0 saturated heterocycles. The SMILES string of the molecule is CP1C=Cc2ncc(-c3cc[n+](CCCC(=O)OCc4ccccc4)cc3)nc2N=C1. The zero-order valence-electron chi connectivity index (χ0n) is 17.4. The summed E-state index contributed by atoms with van der Waals surface area (Å²) < 4.78 is 7.38. The summed E-state index contributed by atoms with van der Waals surface area (Å²) in [5, 5.41) is 0. The quantitative estimate of drug-likeness (QED) is 0.309. The lowest BCUT2D eigenvalue weighted by Gasteiger charge is -2.05. The van der Waals surface area contributed by atoms with Crippen LogP contribution in [0.5, 0.6) is 0 Å². The van der Waals surface area contributed by atoms with Gasteiger partial charge in [0.15, 0.2) is 18.2 Å². The highest BCUT2D eigenvalue weighted by atomic mass is 31.1. The number of benzene rings is 1. The van der Waals surface area contributed by atoms with Crippen LogP contribution in [0.25, 0.3) is 17.3 Å². The number of esters is 1. The van der Waals surface area contributed by atoms with Gasteiger partial charge in [-0.25, -0.2) is 14.5 Å². The number of hydrogen-bond acceptors (Lipinski definition) is 5. The second-order valence-corrected chi connectivity index (χ2v) is 9.12. The van der Waals surface area contributed by atoms with Crippen molar-refractivity contribution in [2.24, 2.45) is 4.99 Å². The van der Waals surface area contributed by atoms with Crippen molar-refractivity contribution in [3.8, 4) is 11.3 Å². The van der Waals surface area contributed by atoms with Gasteiger partial charge in [0.25, 0.3) is 0 Å². The van der Waals surface area contributed by atoms with Crippen molar-refractivity contribution in [3.05, 3.63) is 78.1 Å². The molecule has 7 heteroatoms. The van der Waals surface area contributed by atoms with Crippen LogP contribution in [0, 0.1) is 0 Å². The van der Waals surface area contributed by atoms with Gasteiger partial charge in [-0.3, -0.25) is 9.78 Å². The summed E-state index contributed by atoms with van der Waals surface area (Å²) in [6, 6.07) is 13.7. The van der Waals surface area contributed by atoms with Crippen LogP contribution in [0.3, 0.4) is 0 Å². The summed E-state index contributed by atoms with van der Waals surface area (Å²) in [5.41, 5.74) is 3.58. The maximum Gasteiger partial charge on any atom is 0.306 e. The van der Waals surface area contributed by atoms with Crippen molar-refractivity contribution in [1.29, 1.82) is 0 Å². The lowest BCUT2D eigenvalue weighted by Crippen LogP contribution is -2.32. The summed E-state index contributed by atoms with van der Waals surface area (Å²) in [5.74, 6) is 4.56. The highest BCUT2D eigenvalue weighted by Crippen LogP contribution is 2.35. The van der Waals surface area contributed by atoms with Gasteiger partial charge >= 0.3 is 5.97 Å². The normalized spacial score (nSPS) is 14.7. The van der Waals surface area contributed by atoms with Crippen molar-refractivity contribution in [2.75, 3.05) is 6.66 Å². The zero-order valence-corrected chi connectivity index (χ0v) is 18.3. The summed E-state index contributed by atoms with van der Waals surface area (Å²) in [6.07, 6.45) is 8.87. The first-order valence-corrected chi connectivity index (χ1v) is 12.1. The Hall–Kier alpha value is -3.24. The Bertz CT molecular complexity index is 1100. The Morgan fingerprint density at radius 1 is 1.13 bits per heavy atom. The number of carbonyl (C=O) groups excluding carboxylic acids is 1. The molecule has 1 unspecified atom stereocenters. The van der Waals surface area contributed by atoms with Crippen molar-refractivity contribution in [3.63, 3.8) is 0 Å². The van der Waals surface area contributed by atoms with E-state index in [1.54, 1.807) is 6.20 Å². The largest absolute Gasteiger partial charge is 0.461 e. The van der Waals surface area contributed by atoms with Crippen LogP contribution >= 0.6 is 7.92 Å². The Morgan fingerprint density at radius 2 is 1.94 bits per heavy atom. The minimum absolute atomic E-state index is 0.174. The van der Waals surface area contributed by atoms with Crippen LogP contribution in [-0.2, 0) is 22.7 Å². The van der Waals surface area contributed by atoms with Gasteiger partial charge < -0.3 is 4.74 Å². The zero-order chi connectivity index (χ0) is 21.5. The van der Waals surface area contributed by atoms with E-state index in [1.165, 1.54) is 0 Å². The van der Waals surface area contributed by atoms with E-state index in [4.69, 9.17) is 4.74 Å². The van der Waals surface area contributed by atoms with Gasteiger partial charge in [0.05, 0.1) is 18.3 Å². The summed E-state index contributed by atoms with van der Waals surface area (Å²) in [6.45, 7) is 3.20. The number of hydrogen-bond donors (Lipinski definition) is 0. The summed E-state index contributed by atoms with van der Waals surface area (Å²) in [4.78, 5) is 25.6. The second kappa shape index (κ2) is 10.2. The molecule has 4 rings (SSSR count). The fraction of sp³-hybridized carbons (Fsp3) is 0.208. The van der Waals surface area contributed by atoms with E-state index in [0.29, 0.717) is 18.8 Å². The molecule has 0 spiro atoms. The molecule has 0 aliphatic carbocycles. The van der Waals surface area contributed by atoms with Crippen molar-refractivity contribution in [2.45, 2.75) is 26.0 Å². The van der Waals surface area contributed by atoms with Crippen LogP contribution in [0.4, 0.5) is 5.82 Å². The van der Waals surface area contributed by atoms with Crippen LogP contribution < -0.4 is 4.57 Å². The molecule has 1 aliphatic heterocycles. The highest BCUT2D eigenvalue weighted by molar-refractivity contribution is 7.75. The van der Waals surface area contributed by atoms with Crippen LogP contribution in [0.15, 0.2) is 71.9 Å². The smallest absolute Gasteiger partial charge is 0.306 e. The first-order valence-electron chi connectivity index (χ1n) is 10.2. The minimum atomic E-state index is -0.347. The topological polar surface area (TPSA) is 68.3 Å². The minimum Gasteiger partial charge on any atom is -0.461 e. The number of pyridine rings is 1. The Balaban J connectivity index is 1.29. The van der Waals surface area contributed by atoms with E-state index >= 15 is 0 Å². The predicted octanol–water partition coefficient (Wildman–Crippen LogP) is 4.71. The lowest BCUT2D eigenvalue weighted by atomic mass is 10.2. The number of aryl methyl sites for hydroxylation is 1. The molecule has 156 valence electrons. The molecule has 0 radical (unpaired) electrons. The standard InChI is InChI=1S/C24H24N4O2P/c1-31-15-11-21-24(26-18-31)27-22(16-25-21)20-9-13-28(14-10-20)12-5-8-23(29)30-17-19-6-3-2-4-7-19/h2-4,6-7,9-11,13-16,18H,5,8,12,17H2,1H3/q+1. The molecule has 2 aromatic heterocycles. The number of rotatable bonds is 7. The monoisotopic (exact) mass is 431 g/mol. The van der Waals surface area contributed by atoms with E-state index in [0.717, 1.165) is 35.5 Å². The predicted molar refractivity (Wildman–Crippen MR) is 123 cm³/mol. The van der Waals surface area contributed by atoms with E-state index < -0.39 is 0 Å². The molecule has 0 saturated carbocycles. The van der Waals surface area contributed by atoms with Crippen molar-refractivity contribution in [1.82, 2.24) is 9.97 Å². The number of nitrogens with zero attached hydrogens (tertiary/aromatic N) is 4. The first-order chi connectivity index (χ1) is 15.2. The number of aliphatic imine (C=N–C) groups is 1. The summed E-state index contributed by atoms with van der Waals surface area (Å²) in [7, 11) is -0.347. The van der Waals surface area contributed by atoms with Gasteiger partial charge in [0.2, 0.25) is 0 Å². The number of ether oxygens (including phenoxy) is 1. The molecule has 1 atom stereocenters. The van der Waals surface area contributed by atoms with Crippen LogP contribution in [-0.4, -0.2) is 28.6 Å². The van der Waals surface area contributed by atoms with Gasteiger partial charge in [-0.2, -0.15) is 0 Å². The molecule has 0 bridgehead atoms. The highest BCUT2D eigenvalue weighted by Gasteiger charge is 2.11. The maximum absolute atomic E-state index is 11.9. The van der Waals surface area contributed by atoms with Gasteiger partial charge in [-0.15, -0.1) is 0 Å². The van der Waals surface area contributed by atoms with Gasteiger partial charge in [0, 0.05) is 30.1 Å². The number of carbonyl (C=O) groups is 1. The molecular weight excluding hydrogens is 407 g/mol. The number of fused-ring (bicyclic) bond motifs is 1. The van der Waals surface area contributed by atoms with Gasteiger partial charge in [-0.05, 0) is 26.2 Å². The van der Waals surface area contributed by atoms with E-state index in [9.17, 15) is 4.79 Å². The molecule has 0 amide bonds. The van der Waals surface area contributed by atoms with Crippen molar-refractivity contribution < 1.29 is 14.1 Å². The lowest BCUT2D eigenvalue weighted by molar-refractivity contribution is -0.697. The van der Waals surface area contributed by atoms with Crippen molar-refractivity contribution >= 4 is 31.7 Å². The Morgan fingerprint density at radius 3 is 2.74 bits per heavy atom. The third kappa shape index (κ3) is 5.89. The van der Waals surface area contributed by atoms with Gasteiger partial charge in [-0.1, -0.05) is 36.1 Å². The third-order valence-electron chi connectivity index (χ3n) is 4.84. The molecule has 1 aliphatic rings. The molecule has 31 heavy (non-hydrogen) atoms. The van der Waals surface area contributed by atoms with Crippen LogP contribution in [0.1, 0.15) is 24.1 Å². The molecule has 1 aromatic carbocycles. The fourth-order valence-corrected chi connectivity index (χ4v) is 3.85. The van der Waals surface area contributed by atoms with Gasteiger partial charge in [0.1, 0.15) is 18.8 Å². The molecule has 3 heterocycles. The molecular formula is C24H24N4O2P+. The Kier molecular flexibility index (Phi) is 6.90. The number of aromatic nitrogens is 3. The van der Waals surface area contributed by atoms with E-state index in [1.807, 2.05) is 66.9 Å². The first kappa shape index (κ1) is 21.0. The van der Waals surface area contributed by atoms with E-state index in [2.05, 4.69) is 32.0 Å². The average molecular weight is 431 g/mol. The Labute approximate surface area is 183 Å².